The molecule has 3 unspecified atom stereocenters. The van der Waals surface area contributed by atoms with Gasteiger partial charge in [0.1, 0.15) is 23.6 Å². The van der Waals surface area contributed by atoms with Gasteiger partial charge in [0.2, 0.25) is 11.8 Å². The number of hydrogen-bond acceptors (Lipinski definition) is 4. The molecule has 6 rings (SSSR count). The molecule has 0 N–H and O–H groups in total. The number of hydrogen-bond donors (Lipinski definition) is 0. The van der Waals surface area contributed by atoms with E-state index in [1.165, 1.54) is 0 Å². The molecule has 2 amide bonds. The van der Waals surface area contributed by atoms with Gasteiger partial charge in [-0.25, -0.2) is 0 Å². The Morgan fingerprint density at radius 3 is 2.43 bits per heavy atom. The van der Waals surface area contributed by atoms with Gasteiger partial charge in [0, 0.05) is 23.9 Å². The third-order valence-corrected chi connectivity index (χ3v) is 7.89. The largest absolute Gasteiger partial charge is 0.497 e. The van der Waals surface area contributed by atoms with Crippen molar-refractivity contribution in [1.29, 1.82) is 0 Å². The number of rotatable bonds is 4. The Bertz CT molecular complexity index is 1280. The molecule has 0 radical (unpaired) electrons. The Labute approximate surface area is 205 Å². The van der Waals surface area contributed by atoms with E-state index in [2.05, 4.69) is 12.1 Å². The van der Waals surface area contributed by atoms with Crippen molar-refractivity contribution >= 4 is 11.8 Å². The molecule has 6 heteroatoms. The molecule has 0 spiro atoms. The zero-order valence-electron chi connectivity index (χ0n) is 19.9. The molecule has 0 bridgehead atoms. The molecule has 2 fully saturated rings. The number of fused-ring (bicyclic) bond motifs is 5. The fourth-order valence-electron chi connectivity index (χ4n) is 6.42. The highest BCUT2D eigenvalue weighted by Crippen LogP contribution is 2.59. The lowest BCUT2D eigenvalue weighted by Crippen LogP contribution is -2.65. The van der Waals surface area contributed by atoms with Crippen LogP contribution in [0.5, 0.6) is 11.5 Å². The summed E-state index contributed by atoms with van der Waals surface area (Å²) in [5.41, 5.74) is 1.99. The Morgan fingerprint density at radius 1 is 0.971 bits per heavy atom. The standard InChI is InChI=1S/C29H28N2O4/c1-29-26(20-8-4-3-5-9-20)23-18-35-24-11-7-6-10-22(24)27(23)31(29)25(32)17-30(28(29)33)16-19-12-14-21(34-2)15-13-19/h3-15,23,26-27H,16-18H2,1-2H3/t23?,26?,27?,29-/m1/s1. The van der Waals surface area contributed by atoms with Gasteiger partial charge in [-0.3, -0.25) is 9.59 Å². The van der Waals surface area contributed by atoms with Crippen LogP contribution < -0.4 is 9.47 Å². The average molecular weight is 469 g/mol. The molecule has 0 aliphatic carbocycles. The van der Waals surface area contributed by atoms with E-state index in [4.69, 9.17) is 9.47 Å². The minimum absolute atomic E-state index is 0.0198. The Kier molecular flexibility index (Phi) is 5.06. The van der Waals surface area contributed by atoms with Crippen molar-refractivity contribution in [1.82, 2.24) is 9.80 Å². The first-order valence-corrected chi connectivity index (χ1v) is 12.0. The molecule has 35 heavy (non-hydrogen) atoms. The molecular formula is C29H28N2O4. The first-order chi connectivity index (χ1) is 17.0. The van der Waals surface area contributed by atoms with Gasteiger partial charge in [-0.15, -0.1) is 0 Å². The highest BCUT2D eigenvalue weighted by molar-refractivity contribution is 5.99. The lowest BCUT2D eigenvalue weighted by atomic mass is 9.73. The van der Waals surface area contributed by atoms with Crippen LogP contribution in [0.15, 0.2) is 78.9 Å². The molecule has 0 saturated carbocycles. The minimum atomic E-state index is -1.01. The van der Waals surface area contributed by atoms with Gasteiger partial charge < -0.3 is 19.3 Å². The van der Waals surface area contributed by atoms with Crippen LogP contribution in [0.4, 0.5) is 0 Å². The van der Waals surface area contributed by atoms with Crippen LogP contribution in [0.2, 0.25) is 0 Å². The van der Waals surface area contributed by atoms with Crippen LogP contribution in [0.3, 0.4) is 0 Å². The van der Waals surface area contributed by atoms with Crippen molar-refractivity contribution in [2.45, 2.75) is 31.0 Å². The maximum atomic E-state index is 14.3. The number of methoxy groups -OCH3 is 1. The summed E-state index contributed by atoms with van der Waals surface area (Å²) in [5.74, 6) is 1.31. The lowest BCUT2D eigenvalue weighted by molar-refractivity contribution is -0.164. The van der Waals surface area contributed by atoms with Gasteiger partial charge in [-0.2, -0.15) is 0 Å². The van der Waals surface area contributed by atoms with Crippen LogP contribution in [0.1, 0.15) is 35.6 Å². The summed E-state index contributed by atoms with van der Waals surface area (Å²) in [6.45, 7) is 2.86. The fraction of sp³-hybridized carbons (Fsp3) is 0.310. The number of ether oxygens (including phenoxy) is 2. The molecular weight excluding hydrogens is 440 g/mol. The topological polar surface area (TPSA) is 59.1 Å². The first-order valence-electron chi connectivity index (χ1n) is 12.0. The zero-order valence-corrected chi connectivity index (χ0v) is 19.9. The van der Waals surface area contributed by atoms with E-state index in [0.717, 1.165) is 28.2 Å². The molecule has 0 aromatic heterocycles. The molecule has 3 aliphatic rings. The fourth-order valence-corrected chi connectivity index (χ4v) is 6.42. The van der Waals surface area contributed by atoms with Crippen LogP contribution in [-0.2, 0) is 16.1 Å². The second-order valence-electron chi connectivity index (χ2n) is 9.77. The van der Waals surface area contributed by atoms with Crippen LogP contribution in [0.25, 0.3) is 0 Å². The Balaban J connectivity index is 1.44. The van der Waals surface area contributed by atoms with Crippen molar-refractivity contribution < 1.29 is 19.1 Å². The predicted octanol–water partition coefficient (Wildman–Crippen LogP) is 4.17. The van der Waals surface area contributed by atoms with E-state index in [1.54, 1.807) is 12.0 Å². The SMILES string of the molecule is COc1ccc(CN2CC(=O)N3C4c5ccccc5OCC4C(c4ccccc4)[C@]3(C)C2=O)cc1. The predicted molar refractivity (Wildman–Crippen MR) is 131 cm³/mol. The number of piperazine rings is 1. The molecule has 4 atom stereocenters. The van der Waals surface area contributed by atoms with E-state index in [1.807, 2.05) is 78.6 Å². The molecule has 3 aromatic carbocycles. The summed E-state index contributed by atoms with van der Waals surface area (Å²) in [6.07, 6.45) is 0. The van der Waals surface area contributed by atoms with Gasteiger partial charge in [0.15, 0.2) is 0 Å². The molecule has 2 saturated heterocycles. The second kappa shape index (κ2) is 8.15. The molecule has 178 valence electrons. The maximum Gasteiger partial charge on any atom is 0.249 e. The number of amides is 2. The van der Waals surface area contributed by atoms with Crippen molar-refractivity contribution in [2.75, 3.05) is 20.3 Å². The monoisotopic (exact) mass is 468 g/mol. The summed E-state index contributed by atoms with van der Waals surface area (Å²) in [4.78, 5) is 31.7. The number of para-hydroxylation sites is 1. The van der Waals surface area contributed by atoms with E-state index < -0.39 is 5.54 Å². The second-order valence-corrected chi connectivity index (χ2v) is 9.77. The summed E-state index contributed by atoms with van der Waals surface area (Å²) in [5, 5.41) is 0. The van der Waals surface area contributed by atoms with Crippen molar-refractivity contribution in [2.24, 2.45) is 5.92 Å². The number of nitrogens with zero attached hydrogens (tertiary/aromatic N) is 2. The van der Waals surface area contributed by atoms with E-state index in [0.29, 0.717) is 13.2 Å². The summed E-state index contributed by atoms with van der Waals surface area (Å²) >= 11 is 0. The first kappa shape index (κ1) is 21.7. The highest BCUT2D eigenvalue weighted by atomic mass is 16.5. The van der Waals surface area contributed by atoms with Crippen LogP contribution in [-0.4, -0.2) is 47.4 Å². The molecule has 3 aliphatic heterocycles. The number of carbonyl (C=O) groups excluding carboxylic acids is 2. The van der Waals surface area contributed by atoms with Gasteiger partial charge in [0.05, 0.1) is 19.8 Å². The quantitative estimate of drug-likeness (QED) is 0.577. The minimum Gasteiger partial charge on any atom is -0.497 e. The number of carbonyl (C=O) groups is 2. The zero-order chi connectivity index (χ0) is 24.2. The van der Waals surface area contributed by atoms with Crippen molar-refractivity contribution in [3.8, 4) is 11.5 Å². The Morgan fingerprint density at radius 2 is 1.69 bits per heavy atom. The third-order valence-electron chi connectivity index (χ3n) is 7.89. The van der Waals surface area contributed by atoms with E-state index in [-0.39, 0.29) is 36.2 Å². The maximum absolute atomic E-state index is 14.3. The normalized spacial score (nSPS) is 27.1. The van der Waals surface area contributed by atoms with E-state index >= 15 is 0 Å². The lowest BCUT2D eigenvalue weighted by Gasteiger charge is -2.47. The van der Waals surface area contributed by atoms with Gasteiger partial charge in [0.25, 0.3) is 0 Å². The van der Waals surface area contributed by atoms with Crippen molar-refractivity contribution in [3.63, 3.8) is 0 Å². The van der Waals surface area contributed by atoms with Gasteiger partial charge in [-0.05, 0) is 36.2 Å². The number of benzene rings is 3. The highest BCUT2D eigenvalue weighted by Gasteiger charge is 2.66. The smallest absolute Gasteiger partial charge is 0.249 e. The van der Waals surface area contributed by atoms with Crippen LogP contribution in [0, 0.1) is 5.92 Å². The Hall–Kier alpha value is -3.80. The average Bonchev–Trinajstić information content (AvgIpc) is 3.18. The van der Waals surface area contributed by atoms with Gasteiger partial charge >= 0.3 is 0 Å². The van der Waals surface area contributed by atoms with E-state index in [9.17, 15) is 9.59 Å². The summed E-state index contributed by atoms with van der Waals surface area (Å²) in [7, 11) is 1.63. The van der Waals surface area contributed by atoms with Crippen molar-refractivity contribution in [3.05, 3.63) is 95.6 Å². The summed E-state index contributed by atoms with van der Waals surface area (Å²) < 4.78 is 11.4. The molecule has 3 heterocycles. The van der Waals surface area contributed by atoms with Crippen LogP contribution >= 0.6 is 0 Å². The third kappa shape index (κ3) is 3.23. The summed E-state index contributed by atoms with van der Waals surface area (Å²) in [6, 6.07) is 25.5. The molecule has 3 aromatic rings. The van der Waals surface area contributed by atoms with Gasteiger partial charge in [-0.1, -0.05) is 60.7 Å². The molecule has 6 nitrogen and oxygen atoms in total.